The van der Waals surface area contributed by atoms with E-state index in [1.807, 2.05) is 12.1 Å². The molecule has 0 saturated carbocycles. The summed E-state index contributed by atoms with van der Waals surface area (Å²) in [5.41, 5.74) is 2.31. The van der Waals surface area contributed by atoms with Crippen LogP contribution in [0.15, 0.2) is 45.6 Å². The molecule has 1 fully saturated rings. The second-order valence-corrected chi connectivity index (χ2v) is 8.58. The van der Waals surface area contributed by atoms with Gasteiger partial charge in [0, 0.05) is 11.5 Å². The van der Waals surface area contributed by atoms with Crippen molar-refractivity contribution >= 4 is 22.9 Å². The Kier molecular flexibility index (Phi) is 3.90. The first-order valence-electron chi connectivity index (χ1n) is 10.6. The lowest BCUT2D eigenvalue weighted by molar-refractivity contribution is -0.131. The largest absolute Gasteiger partial charge is 0.454 e. The number of carbonyl (C=O) groups excluding carboxylic acids is 2. The molecule has 1 atom stereocenters. The molecule has 1 aromatic heterocycles. The van der Waals surface area contributed by atoms with E-state index in [-0.39, 0.29) is 13.3 Å². The second-order valence-electron chi connectivity index (χ2n) is 8.58. The van der Waals surface area contributed by atoms with E-state index in [1.54, 1.807) is 25.1 Å². The van der Waals surface area contributed by atoms with E-state index in [4.69, 9.17) is 13.9 Å². The van der Waals surface area contributed by atoms with Crippen LogP contribution in [0, 0.1) is 0 Å². The third kappa shape index (κ3) is 2.72. The molecule has 8 nitrogen and oxygen atoms in total. The number of aryl methyl sites for hydroxylation is 2. The average molecular weight is 432 g/mol. The summed E-state index contributed by atoms with van der Waals surface area (Å²) in [6.07, 6.45) is 2.99. The molecule has 0 radical (unpaired) electrons. The minimum atomic E-state index is -1.26. The number of urea groups is 1. The molecule has 1 unspecified atom stereocenters. The van der Waals surface area contributed by atoms with Crippen LogP contribution >= 0.6 is 0 Å². The molecule has 2 aliphatic heterocycles. The van der Waals surface area contributed by atoms with E-state index in [9.17, 15) is 14.4 Å². The SMILES string of the molecule is CC1(c2ccc3c(c2)OCO3)NC(=O)N(Cc2cc(=O)oc3cc4c(cc23)CCC4)C1=O. The Hall–Kier alpha value is -3.81. The van der Waals surface area contributed by atoms with Crippen LogP contribution in [0.2, 0.25) is 0 Å². The highest BCUT2D eigenvalue weighted by atomic mass is 16.7. The molecular formula is C24H20N2O6. The summed E-state index contributed by atoms with van der Waals surface area (Å²) in [6.45, 7) is 1.76. The van der Waals surface area contributed by atoms with Gasteiger partial charge in [-0.05, 0) is 72.7 Å². The molecule has 3 aliphatic rings. The Morgan fingerprint density at radius 1 is 1.00 bits per heavy atom. The predicted molar refractivity (Wildman–Crippen MR) is 114 cm³/mol. The fourth-order valence-electron chi connectivity index (χ4n) is 4.84. The molecule has 162 valence electrons. The molecule has 6 rings (SSSR count). The van der Waals surface area contributed by atoms with Crippen LogP contribution < -0.4 is 20.4 Å². The van der Waals surface area contributed by atoms with Gasteiger partial charge in [-0.3, -0.25) is 9.69 Å². The molecule has 0 spiro atoms. The predicted octanol–water partition coefficient (Wildman–Crippen LogP) is 2.98. The van der Waals surface area contributed by atoms with Crippen molar-refractivity contribution in [1.82, 2.24) is 10.2 Å². The fourth-order valence-corrected chi connectivity index (χ4v) is 4.84. The van der Waals surface area contributed by atoms with Gasteiger partial charge in [0.1, 0.15) is 11.1 Å². The number of hydrogen-bond donors (Lipinski definition) is 1. The van der Waals surface area contributed by atoms with Crippen molar-refractivity contribution in [3.8, 4) is 11.5 Å². The Morgan fingerprint density at radius 2 is 1.78 bits per heavy atom. The monoisotopic (exact) mass is 432 g/mol. The van der Waals surface area contributed by atoms with Gasteiger partial charge >= 0.3 is 11.7 Å². The van der Waals surface area contributed by atoms with Gasteiger partial charge in [-0.1, -0.05) is 6.07 Å². The van der Waals surface area contributed by atoms with Gasteiger partial charge in [0.15, 0.2) is 11.5 Å². The summed E-state index contributed by atoms with van der Waals surface area (Å²) >= 11 is 0. The smallest absolute Gasteiger partial charge is 0.336 e. The quantitative estimate of drug-likeness (QED) is 0.505. The van der Waals surface area contributed by atoms with Crippen LogP contribution in [0.1, 0.15) is 35.6 Å². The zero-order valence-corrected chi connectivity index (χ0v) is 17.4. The van der Waals surface area contributed by atoms with E-state index < -0.39 is 23.1 Å². The summed E-state index contributed by atoms with van der Waals surface area (Å²) < 4.78 is 16.2. The van der Waals surface area contributed by atoms with Crippen molar-refractivity contribution in [2.45, 2.75) is 38.3 Å². The third-order valence-electron chi connectivity index (χ3n) is 6.60. The molecule has 8 heteroatoms. The molecule has 32 heavy (non-hydrogen) atoms. The first-order valence-corrected chi connectivity index (χ1v) is 10.6. The topological polar surface area (TPSA) is 98.1 Å². The zero-order chi connectivity index (χ0) is 22.0. The number of rotatable bonds is 3. The Bertz CT molecular complexity index is 1380. The van der Waals surface area contributed by atoms with E-state index in [0.717, 1.165) is 29.5 Å². The molecule has 3 heterocycles. The van der Waals surface area contributed by atoms with Crippen LogP contribution in [0.3, 0.4) is 0 Å². The van der Waals surface area contributed by atoms with Crippen LogP contribution in [0.5, 0.6) is 11.5 Å². The van der Waals surface area contributed by atoms with Crippen molar-refractivity contribution < 1.29 is 23.5 Å². The molecule has 1 saturated heterocycles. The van der Waals surface area contributed by atoms with Gasteiger partial charge in [0.05, 0.1) is 6.54 Å². The van der Waals surface area contributed by atoms with Crippen molar-refractivity contribution in [1.29, 1.82) is 0 Å². The summed E-state index contributed by atoms with van der Waals surface area (Å²) in [4.78, 5) is 39.6. The molecule has 1 N–H and O–H groups in total. The summed E-state index contributed by atoms with van der Waals surface area (Å²) in [6, 6.07) is 9.95. The van der Waals surface area contributed by atoms with Gasteiger partial charge in [-0.2, -0.15) is 0 Å². The van der Waals surface area contributed by atoms with Gasteiger partial charge in [0.25, 0.3) is 5.91 Å². The number of carbonyl (C=O) groups is 2. The number of benzene rings is 2. The van der Waals surface area contributed by atoms with Crippen LogP contribution in [-0.2, 0) is 29.7 Å². The van der Waals surface area contributed by atoms with Gasteiger partial charge in [-0.15, -0.1) is 0 Å². The summed E-state index contributed by atoms with van der Waals surface area (Å²) in [5, 5.41) is 3.55. The Balaban J connectivity index is 1.37. The standard InChI is InChI=1S/C24H20N2O6/c1-24(16-5-6-18-20(10-16)31-12-30-18)22(28)26(23(29)25-24)11-15-9-21(27)32-19-8-14-4-2-3-13(14)7-17(15)19/h5-10H,2-4,11-12H2,1H3,(H,25,29). The van der Waals surface area contributed by atoms with Gasteiger partial charge < -0.3 is 19.2 Å². The Labute approximate surface area is 182 Å². The maximum Gasteiger partial charge on any atom is 0.336 e. The minimum absolute atomic E-state index is 0.0221. The lowest BCUT2D eigenvalue weighted by atomic mass is 9.91. The lowest BCUT2D eigenvalue weighted by Gasteiger charge is -2.22. The maximum atomic E-state index is 13.4. The van der Waals surface area contributed by atoms with E-state index in [2.05, 4.69) is 5.32 Å². The second kappa shape index (κ2) is 6.59. The molecule has 3 aromatic rings. The summed E-state index contributed by atoms with van der Waals surface area (Å²) in [5.74, 6) is 0.731. The molecular weight excluding hydrogens is 412 g/mol. The Morgan fingerprint density at radius 3 is 2.62 bits per heavy atom. The van der Waals surface area contributed by atoms with Crippen LogP contribution in [0.25, 0.3) is 11.0 Å². The first-order chi connectivity index (χ1) is 15.4. The van der Waals surface area contributed by atoms with E-state index >= 15 is 0 Å². The van der Waals surface area contributed by atoms with Crippen LogP contribution in [0.4, 0.5) is 4.79 Å². The zero-order valence-electron chi connectivity index (χ0n) is 17.4. The molecule has 1 aliphatic carbocycles. The number of hydrogen-bond acceptors (Lipinski definition) is 6. The van der Waals surface area contributed by atoms with E-state index in [1.165, 1.54) is 17.2 Å². The molecule has 2 aromatic carbocycles. The first kappa shape index (κ1) is 18.9. The van der Waals surface area contributed by atoms with Crippen molar-refractivity contribution in [3.05, 3.63) is 69.1 Å². The summed E-state index contributed by atoms with van der Waals surface area (Å²) in [7, 11) is 0. The van der Waals surface area contributed by atoms with Crippen molar-refractivity contribution in [3.63, 3.8) is 0 Å². The normalized spacial score (nSPS) is 21.3. The highest BCUT2D eigenvalue weighted by molar-refractivity contribution is 6.07. The number of nitrogens with zero attached hydrogens (tertiary/aromatic N) is 1. The minimum Gasteiger partial charge on any atom is -0.454 e. The highest BCUT2D eigenvalue weighted by Crippen LogP contribution is 2.38. The van der Waals surface area contributed by atoms with E-state index in [0.29, 0.717) is 28.2 Å². The number of fused-ring (bicyclic) bond motifs is 3. The maximum absolute atomic E-state index is 13.4. The van der Waals surface area contributed by atoms with Crippen molar-refractivity contribution in [2.24, 2.45) is 0 Å². The average Bonchev–Trinajstić information content (AvgIpc) is 3.47. The highest BCUT2D eigenvalue weighted by Gasteiger charge is 2.49. The lowest BCUT2D eigenvalue weighted by Crippen LogP contribution is -2.40. The fraction of sp³-hybridized carbons (Fsp3) is 0.292. The third-order valence-corrected chi connectivity index (χ3v) is 6.60. The van der Waals surface area contributed by atoms with Crippen LogP contribution in [-0.4, -0.2) is 23.6 Å². The molecule has 0 bridgehead atoms. The number of nitrogens with one attached hydrogen (secondary N) is 1. The van der Waals surface area contributed by atoms with Crippen molar-refractivity contribution in [2.75, 3.05) is 6.79 Å². The number of amides is 3. The van der Waals surface area contributed by atoms with Gasteiger partial charge in [-0.25, -0.2) is 9.59 Å². The molecule has 3 amide bonds. The van der Waals surface area contributed by atoms with Gasteiger partial charge in [0.2, 0.25) is 6.79 Å². The number of ether oxygens (including phenoxy) is 2. The number of imide groups is 1.